The Morgan fingerprint density at radius 1 is 1.03 bits per heavy atom. The van der Waals surface area contributed by atoms with E-state index in [1.807, 2.05) is 39.8 Å². The first kappa shape index (κ1) is 22.5. The third-order valence-corrected chi connectivity index (χ3v) is 7.54. The maximum atomic E-state index is 13.5. The number of aryl methyl sites for hydroxylation is 1. The molecule has 1 unspecified atom stereocenters. The zero-order valence-corrected chi connectivity index (χ0v) is 19.8. The van der Waals surface area contributed by atoms with Crippen LogP contribution in [0.2, 0.25) is 0 Å². The maximum absolute atomic E-state index is 13.5. The molecule has 33 heavy (non-hydrogen) atoms. The highest BCUT2D eigenvalue weighted by Gasteiger charge is 2.42. The van der Waals surface area contributed by atoms with E-state index in [1.54, 1.807) is 0 Å². The zero-order chi connectivity index (χ0) is 23.0. The second-order valence-corrected chi connectivity index (χ2v) is 9.71. The number of carbonyl (C=O) groups is 2. The molecule has 0 bridgehead atoms. The third kappa shape index (κ3) is 4.43. The van der Waals surface area contributed by atoms with Gasteiger partial charge < -0.3 is 24.0 Å². The number of nitrogens with zero attached hydrogens (tertiary/aromatic N) is 3. The normalized spacial score (nSPS) is 25.2. The first-order chi connectivity index (χ1) is 16.0. The van der Waals surface area contributed by atoms with E-state index < -0.39 is 5.79 Å². The van der Waals surface area contributed by atoms with Crippen LogP contribution in [0.25, 0.3) is 0 Å². The van der Waals surface area contributed by atoms with Crippen molar-refractivity contribution < 1.29 is 23.8 Å². The Labute approximate surface area is 195 Å². The molecule has 0 N–H and O–H groups in total. The van der Waals surface area contributed by atoms with Crippen molar-refractivity contribution in [1.82, 2.24) is 9.80 Å². The lowest BCUT2D eigenvalue weighted by Gasteiger charge is -2.41. The molecule has 8 heteroatoms. The number of urea groups is 1. The van der Waals surface area contributed by atoms with Crippen molar-refractivity contribution in [2.24, 2.45) is 5.92 Å². The van der Waals surface area contributed by atoms with Crippen LogP contribution in [-0.4, -0.2) is 79.6 Å². The van der Waals surface area contributed by atoms with E-state index in [2.05, 4.69) is 6.92 Å². The highest BCUT2D eigenvalue weighted by molar-refractivity contribution is 5.94. The molecule has 0 aromatic heterocycles. The van der Waals surface area contributed by atoms with Crippen LogP contribution in [0.4, 0.5) is 10.5 Å². The van der Waals surface area contributed by atoms with Crippen molar-refractivity contribution in [3.8, 4) is 5.75 Å². The van der Waals surface area contributed by atoms with Crippen molar-refractivity contribution in [1.29, 1.82) is 0 Å². The van der Waals surface area contributed by atoms with Crippen LogP contribution in [0, 0.1) is 12.8 Å². The van der Waals surface area contributed by atoms with Gasteiger partial charge >= 0.3 is 6.03 Å². The van der Waals surface area contributed by atoms with Crippen molar-refractivity contribution in [3.63, 3.8) is 0 Å². The summed E-state index contributed by atoms with van der Waals surface area (Å²) in [7, 11) is 0. The predicted octanol–water partition coefficient (Wildman–Crippen LogP) is 3.17. The summed E-state index contributed by atoms with van der Waals surface area (Å²) in [5.74, 6) is 0.509. The lowest BCUT2D eigenvalue weighted by Crippen LogP contribution is -2.53. The number of benzene rings is 1. The fourth-order valence-electron chi connectivity index (χ4n) is 5.45. The number of hydrogen-bond acceptors (Lipinski definition) is 5. The lowest BCUT2D eigenvalue weighted by atomic mass is 9.93. The molecule has 4 aliphatic heterocycles. The zero-order valence-electron chi connectivity index (χ0n) is 19.8. The summed E-state index contributed by atoms with van der Waals surface area (Å²) in [5.41, 5.74) is 1.95. The maximum Gasteiger partial charge on any atom is 0.324 e. The Bertz CT molecular complexity index is 882. The summed E-state index contributed by atoms with van der Waals surface area (Å²) in [5, 5.41) is 0. The van der Waals surface area contributed by atoms with Gasteiger partial charge in [0.15, 0.2) is 5.79 Å². The Hall–Kier alpha value is -2.32. The molecule has 4 heterocycles. The standard InChI is InChI=1S/C25H35N3O5/c1-3-20-17-28(21-16-18(2)4-5-22(21)33-20)24(30)27-10-6-19(7-11-27)23(29)26-12-8-25(9-13-26)31-14-15-32-25/h4-5,16,19-20H,3,6-15,17H2,1-2H3. The largest absolute Gasteiger partial charge is 0.486 e. The van der Waals surface area contributed by atoms with Crippen molar-refractivity contribution in [3.05, 3.63) is 23.8 Å². The van der Waals surface area contributed by atoms with E-state index >= 15 is 0 Å². The molecular weight excluding hydrogens is 422 g/mol. The van der Waals surface area contributed by atoms with Crippen molar-refractivity contribution in [2.75, 3.05) is 50.8 Å². The smallest absolute Gasteiger partial charge is 0.324 e. The Morgan fingerprint density at radius 2 is 1.73 bits per heavy atom. The SMILES string of the molecule is CCC1CN(C(=O)N2CCC(C(=O)N3CCC4(CC3)OCCO4)CC2)c2cc(C)ccc2O1. The molecule has 3 saturated heterocycles. The molecule has 4 aliphatic rings. The molecule has 1 aromatic carbocycles. The van der Waals surface area contributed by atoms with Gasteiger partial charge in [-0.3, -0.25) is 9.69 Å². The van der Waals surface area contributed by atoms with E-state index in [-0.39, 0.29) is 24.0 Å². The van der Waals surface area contributed by atoms with Crippen LogP contribution in [0.5, 0.6) is 5.75 Å². The number of amides is 3. The fourth-order valence-corrected chi connectivity index (χ4v) is 5.45. The lowest BCUT2D eigenvalue weighted by molar-refractivity contribution is -0.188. The topological polar surface area (TPSA) is 71.6 Å². The van der Waals surface area contributed by atoms with Gasteiger partial charge in [0.2, 0.25) is 5.91 Å². The van der Waals surface area contributed by atoms with Crippen molar-refractivity contribution in [2.45, 2.75) is 57.8 Å². The molecule has 180 valence electrons. The van der Waals surface area contributed by atoms with Crippen LogP contribution in [0.1, 0.15) is 44.6 Å². The van der Waals surface area contributed by atoms with Gasteiger partial charge in [0.25, 0.3) is 0 Å². The Morgan fingerprint density at radius 3 is 2.39 bits per heavy atom. The van der Waals surface area contributed by atoms with E-state index in [4.69, 9.17) is 14.2 Å². The molecule has 8 nitrogen and oxygen atoms in total. The predicted molar refractivity (Wildman–Crippen MR) is 123 cm³/mol. The van der Waals surface area contributed by atoms with Gasteiger partial charge in [0.1, 0.15) is 11.9 Å². The van der Waals surface area contributed by atoms with E-state index in [0.29, 0.717) is 58.8 Å². The number of ether oxygens (including phenoxy) is 3. The fraction of sp³-hybridized carbons (Fsp3) is 0.680. The molecule has 3 fully saturated rings. The molecular formula is C25H35N3O5. The number of fused-ring (bicyclic) bond motifs is 1. The average molecular weight is 458 g/mol. The summed E-state index contributed by atoms with van der Waals surface area (Å²) < 4.78 is 17.6. The first-order valence-corrected chi connectivity index (χ1v) is 12.4. The van der Waals surface area contributed by atoms with Gasteiger partial charge in [0.05, 0.1) is 25.4 Å². The Kier molecular flexibility index (Phi) is 6.22. The van der Waals surface area contributed by atoms with Gasteiger partial charge in [-0.05, 0) is 43.9 Å². The average Bonchev–Trinajstić information content (AvgIpc) is 3.31. The molecule has 1 atom stereocenters. The van der Waals surface area contributed by atoms with Crippen LogP contribution in [-0.2, 0) is 14.3 Å². The third-order valence-electron chi connectivity index (χ3n) is 7.54. The number of anilines is 1. The molecule has 3 amide bonds. The van der Waals surface area contributed by atoms with E-state index in [1.165, 1.54) is 0 Å². The molecule has 5 rings (SSSR count). The van der Waals surface area contributed by atoms with Crippen LogP contribution >= 0.6 is 0 Å². The summed E-state index contributed by atoms with van der Waals surface area (Å²) in [4.78, 5) is 32.3. The quantitative estimate of drug-likeness (QED) is 0.682. The monoisotopic (exact) mass is 457 g/mol. The van der Waals surface area contributed by atoms with Gasteiger partial charge in [-0.1, -0.05) is 13.0 Å². The van der Waals surface area contributed by atoms with Gasteiger partial charge in [-0.25, -0.2) is 4.79 Å². The summed E-state index contributed by atoms with van der Waals surface area (Å²) in [6.45, 7) is 8.53. The number of likely N-dealkylation sites (tertiary alicyclic amines) is 2. The van der Waals surface area contributed by atoms with Crippen LogP contribution in [0.15, 0.2) is 18.2 Å². The molecule has 1 aromatic rings. The Balaban J connectivity index is 1.19. The molecule has 0 radical (unpaired) electrons. The second kappa shape index (κ2) is 9.14. The minimum absolute atomic E-state index is 0.00139. The highest BCUT2D eigenvalue weighted by atomic mass is 16.7. The van der Waals surface area contributed by atoms with Crippen molar-refractivity contribution >= 4 is 17.6 Å². The van der Waals surface area contributed by atoms with E-state index in [0.717, 1.165) is 36.3 Å². The number of carbonyl (C=O) groups excluding carboxylic acids is 2. The van der Waals surface area contributed by atoms with E-state index in [9.17, 15) is 9.59 Å². The molecule has 1 spiro atoms. The molecule has 0 saturated carbocycles. The van der Waals surface area contributed by atoms with Gasteiger partial charge in [-0.15, -0.1) is 0 Å². The second-order valence-electron chi connectivity index (χ2n) is 9.71. The summed E-state index contributed by atoms with van der Waals surface area (Å²) in [6, 6.07) is 6.02. The van der Waals surface area contributed by atoms with Gasteiger partial charge in [0, 0.05) is 44.9 Å². The number of hydrogen-bond donors (Lipinski definition) is 0. The minimum atomic E-state index is -0.463. The molecule has 0 aliphatic carbocycles. The van der Waals surface area contributed by atoms with Crippen LogP contribution in [0.3, 0.4) is 0 Å². The number of rotatable bonds is 2. The number of piperidine rings is 2. The highest BCUT2D eigenvalue weighted by Crippen LogP contribution is 2.36. The first-order valence-electron chi connectivity index (χ1n) is 12.4. The summed E-state index contributed by atoms with van der Waals surface area (Å²) >= 11 is 0. The summed E-state index contributed by atoms with van der Waals surface area (Å²) in [6.07, 6.45) is 3.75. The van der Waals surface area contributed by atoms with Crippen LogP contribution < -0.4 is 9.64 Å². The minimum Gasteiger partial charge on any atom is -0.486 e. The van der Waals surface area contributed by atoms with Gasteiger partial charge in [-0.2, -0.15) is 0 Å².